The quantitative estimate of drug-likeness (QED) is 0.632. The summed E-state index contributed by atoms with van der Waals surface area (Å²) < 4.78 is 50.9. The molecule has 1 aliphatic carbocycles. The fraction of sp³-hybridized carbons (Fsp3) is 0.286. The number of halogens is 1. The molecule has 1 saturated heterocycles. The number of benzene rings is 2. The second-order valence-electron chi connectivity index (χ2n) is 7.92. The van der Waals surface area contributed by atoms with Gasteiger partial charge in [0.15, 0.2) is 11.6 Å². The molecule has 3 aromatic rings. The summed E-state index contributed by atoms with van der Waals surface area (Å²) in [4.78, 5) is 16.5. The molecule has 0 bridgehead atoms. The van der Waals surface area contributed by atoms with Crippen molar-refractivity contribution in [3.63, 3.8) is 0 Å². The Morgan fingerprint density at radius 3 is 2.81 bits per heavy atom. The molecule has 164 valence electrons. The molecular weight excluding hydrogens is 437 g/mol. The van der Waals surface area contributed by atoms with Crippen LogP contribution < -0.4 is 15.0 Å². The Morgan fingerprint density at radius 1 is 1.31 bits per heavy atom. The van der Waals surface area contributed by atoms with E-state index in [1.165, 1.54) is 33.4 Å². The van der Waals surface area contributed by atoms with Crippen molar-refractivity contribution in [1.82, 2.24) is 13.9 Å². The second kappa shape index (κ2) is 7.29. The summed E-state index contributed by atoms with van der Waals surface area (Å²) in [6.45, 7) is 0.414. The molecule has 0 amide bonds. The van der Waals surface area contributed by atoms with E-state index in [2.05, 4.69) is 9.71 Å². The Balaban J connectivity index is 1.51. The molecule has 5 rings (SSSR count). The molecule has 11 heteroatoms. The van der Waals surface area contributed by atoms with E-state index in [4.69, 9.17) is 4.74 Å². The first-order valence-corrected chi connectivity index (χ1v) is 11.4. The van der Waals surface area contributed by atoms with E-state index in [0.29, 0.717) is 18.0 Å². The van der Waals surface area contributed by atoms with Crippen molar-refractivity contribution >= 4 is 26.8 Å². The van der Waals surface area contributed by atoms with E-state index >= 15 is 0 Å². The lowest BCUT2D eigenvalue weighted by molar-refractivity contribution is 0.441. The lowest BCUT2D eigenvalue weighted by Gasteiger charge is -2.20. The normalized spacial score (nSPS) is 20.0. The second-order valence-corrected chi connectivity index (χ2v) is 9.55. The first-order valence-electron chi connectivity index (χ1n) is 9.94. The Bertz CT molecular complexity index is 1460. The minimum Gasteiger partial charge on any atom is -0.453 e. The molecule has 1 aliphatic heterocycles. The highest BCUT2D eigenvalue weighted by Crippen LogP contribution is 2.46. The van der Waals surface area contributed by atoms with Crippen LogP contribution in [0.4, 0.5) is 10.1 Å². The number of aryl methyl sites for hydroxylation is 1. The van der Waals surface area contributed by atoms with E-state index in [1.807, 2.05) is 6.07 Å². The van der Waals surface area contributed by atoms with Crippen LogP contribution >= 0.6 is 0 Å². The lowest BCUT2D eigenvalue weighted by atomic mass is 10.1. The molecule has 9 nitrogen and oxygen atoms in total. The maximum atomic E-state index is 14.6. The summed E-state index contributed by atoms with van der Waals surface area (Å²) in [6, 6.07) is 8.47. The Labute approximate surface area is 182 Å². The molecule has 1 aromatic heterocycles. The SMILES string of the molecule is Cn1cnc2ccc(Oc3c(F)ccc(NS(=O)(=O)N4CC[C@@H]5C[C@@H]54)c3C#N)cc2c1=O. The van der Waals surface area contributed by atoms with Crippen molar-refractivity contribution in [2.45, 2.75) is 18.9 Å². The van der Waals surface area contributed by atoms with Crippen molar-refractivity contribution in [2.75, 3.05) is 11.3 Å². The van der Waals surface area contributed by atoms with Crippen molar-refractivity contribution in [3.05, 3.63) is 58.4 Å². The van der Waals surface area contributed by atoms with Crippen molar-refractivity contribution in [3.8, 4) is 17.6 Å². The number of fused-ring (bicyclic) bond motifs is 2. The zero-order valence-electron chi connectivity index (χ0n) is 16.9. The number of nitriles is 1. The van der Waals surface area contributed by atoms with Gasteiger partial charge >= 0.3 is 10.2 Å². The van der Waals surface area contributed by atoms with Gasteiger partial charge in [0.1, 0.15) is 17.4 Å². The van der Waals surface area contributed by atoms with Crippen LogP contribution in [0.25, 0.3) is 10.9 Å². The Kier molecular flexibility index (Phi) is 4.65. The molecule has 2 fully saturated rings. The molecule has 2 atom stereocenters. The smallest absolute Gasteiger partial charge is 0.301 e. The first-order chi connectivity index (χ1) is 15.3. The molecule has 2 aliphatic rings. The lowest BCUT2D eigenvalue weighted by Crippen LogP contribution is -2.36. The fourth-order valence-electron chi connectivity index (χ4n) is 4.07. The number of anilines is 1. The zero-order chi connectivity index (χ0) is 22.6. The van der Waals surface area contributed by atoms with Crippen LogP contribution in [0.3, 0.4) is 0 Å². The number of nitrogens with zero attached hydrogens (tertiary/aromatic N) is 4. The van der Waals surface area contributed by atoms with Crippen LogP contribution in [0.15, 0.2) is 41.5 Å². The monoisotopic (exact) mass is 455 g/mol. The van der Waals surface area contributed by atoms with Gasteiger partial charge in [-0.05, 0) is 49.1 Å². The fourth-order valence-corrected chi connectivity index (χ4v) is 5.60. The molecule has 2 heterocycles. The predicted molar refractivity (Wildman–Crippen MR) is 114 cm³/mol. The largest absolute Gasteiger partial charge is 0.453 e. The van der Waals surface area contributed by atoms with E-state index in [0.717, 1.165) is 18.9 Å². The Morgan fingerprint density at radius 2 is 2.12 bits per heavy atom. The van der Waals surface area contributed by atoms with Crippen LogP contribution in [-0.2, 0) is 17.3 Å². The van der Waals surface area contributed by atoms with Crippen LogP contribution in [0.5, 0.6) is 11.5 Å². The van der Waals surface area contributed by atoms with Crippen LogP contribution in [-0.4, -0.2) is 34.9 Å². The summed E-state index contributed by atoms with van der Waals surface area (Å²) in [5.74, 6) is -0.770. The highest BCUT2D eigenvalue weighted by Gasteiger charge is 2.51. The number of nitrogens with one attached hydrogen (secondary N) is 1. The van der Waals surface area contributed by atoms with Crippen molar-refractivity contribution in [1.29, 1.82) is 5.26 Å². The number of hydrogen-bond acceptors (Lipinski definition) is 6. The van der Waals surface area contributed by atoms with Gasteiger partial charge in [0, 0.05) is 19.6 Å². The van der Waals surface area contributed by atoms with Crippen molar-refractivity contribution in [2.24, 2.45) is 13.0 Å². The van der Waals surface area contributed by atoms with E-state index in [1.54, 1.807) is 13.1 Å². The van der Waals surface area contributed by atoms with Gasteiger partial charge in [0.2, 0.25) is 0 Å². The number of aromatic nitrogens is 2. The van der Waals surface area contributed by atoms with E-state index < -0.39 is 21.8 Å². The topological polar surface area (TPSA) is 117 Å². The summed E-state index contributed by atoms with van der Waals surface area (Å²) in [7, 11) is -2.34. The highest BCUT2D eigenvalue weighted by molar-refractivity contribution is 7.90. The van der Waals surface area contributed by atoms with Gasteiger partial charge in [-0.25, -0.2) is 9.37 Å². The zero-order valence-corrected chi connectivity index (χ0v) is 17.8. The van der Waals surface area contributed by atoms with Crippen LogP contribution in [0.1, 0.15) is 18.4 Å². The van der Waals surface area contributed by atoms with Gasteiger partial charge in [-0.3, -0.25) is 9.52 Å². The van der Waals surface area contributed by atoms with Gasteiger partial charge in [0.25, 0.3) is 5.56 Å². The number of hydrogen-bond donors (Lipinski definition) is 1. The molecule has 0 unspecified atom stereocenters. The van der Waals surface area contributed by atoms with Gasteiger partial charge < -0.3 is 9.30 Å². The number of piperidine rings is 1. The van der Waals surface area contributed by atoms with Crippen LogP contribution in [0, 0.1) is 23.1 Å². The van der Waals surface area contributed by atoms with Gasteiger partial charge in [-0.15, -0.1) is 0 Å². The first kappa shape index (κ1) is 20.4. The molecule has 2 aromatic carbocycles. The third-order valence-corrected chi connectivity index (χ3v) is 7.40. The van der Waals surface area contributed by atoms with E-state index in [-0.39, 0.29) is 34.0 Å². The number of ether oxygens (including phenoxy) is 1. The summed E-state index contributed by atoms with van der Waals surface area (Å²) in [6.07, 6.45) is 3.03. The molecule has 0 radical (unpaired) electrons. The minimum atomic E-state index is -3.89. The average molecular weight is 455 g/mol. The third-order valence-electron chi connectivity index (χ3n) is 5.85. The average Bonchev–Trinajstić information content (AvgIpc) is 3.41. The third kappa shape index (κ3) is 3.37. The molecule has 0 spiro atoms. The van der Waals surface area contributed by atoms with Gasteiger partial charge in [-0.2, -0.15) is 18.0 Å². The van der Waals surface area contributed by atoms with E-state index in [9.17, 15) is 22.9 Å². The van der Waals surface area contributed by atoms with Gasteiger partial charge in [0.05, 0.1) is 22.9 Å². The van der Waals surface area contributed by atoms with Crippen molar-refractivity contribution < 1.29 is 17.5 Å². The standard InChI is InChI=1S/C21H18FN5O4S/c1-26-11-24-17-4-2-13(9-14(17)21(26)28)31-20-15(10-23)18(5-3-16(20)22)25-32(29,30)27-7-6-12-8-19(12)27/h2-5,9,11-12,19,25H,6-8H2,1H3/t12-,19+/m1/s1. The highest BCUT2D eigenvalue weighted by atomic mass is 32.2. The Hall–Kier alpha value is -3.49. The molecular formula is C21H18FN5O4S. The molecule has 1 N–H and O–H groups in total. The predicted octanol–water partition coefficient (Wildman–Crippen LogP) is 2.49. The molecule has 1 saturated carbocycles. The van der Waals surface area contributed by atoms with Crippen LogP contribution in [0.2, 0.25) is 0 Å². The maximum Gasteiger partial charge on any atom is 0.301 e. The number of rotatable bonds is 5. The molecule has 32 heavy (non-hydrogen) atoms. The maximum absolute atomic E-state index is 14.6. The summed E-state index contributed by atoms with van der Waals surface area (Å²) in [5.41, 5.74) is -0.246. The minimum absolute atomic E-state index is 0.0111. The summed E-state index contributed by atoms with van der Waals surface area (Å²) >= 11 is 0. The summed E-state index contributed by atoms with van der Waals surface area (Å²) in [5, 5.41) is 9.93. The van der Waals surface area contributed by atoms with Gasteiger partial charge in [-0.1, -0.05) is 0 Å².